The van der Waals surface area contributed by atoms with Crippen molar-refractivity contribution in [3.8, 4) is 16.8 Å². The van der Waals surface area contributed by atoms with Crippen LogP contribution in [-0.2, 0) is 0 Å². The number of rotatable bonds is 2. The molecule has 1 atom stereocenters. The fraction of sp³-hybridized carbons (Fsp3) is 0.136. The van der Waals surface area contributed by atoms with E-state index in [4.69, 9.17) is 17.3 Å². The van der Waals surface area contributed by atoms with Crippen molar-refractivity contribution in [2.45, 2.75) is 10.8 Å². The molecular formula is C22H18ClIN6. The van der Waals surface area contributed by atoms with E-state index in [1.54, 1.807) is 6.20 Å². The molecule has 5 rings (SSSR count). The molecule has 8 heteroatoms. The Morgan fingerprint density at radius 1 is 1.00 bits per heavy atom. The summed E-state index contributed by atoms with van der Waals surface area (Å²) in [5.41, 5.74) is 11.1. The number of halogens is 2. The molecule has 0 unspecified atom stereocenters. The lowest BCUT2D eigenvalue weighted by atomic mass is 10.0. The molecule has 0 aliphatic carbocycles. The smallest absolute Gasteiger partial charge is 0.152 e. The minimum Gasteiger partial charge on any atom is -0.384 e. The zero-order chi connectivity index (χ0) is 20.8. The number of alkyl halides is 1. The second-order valence-corrected chi connectivity index (χ2v) is 9.11. The molecule has 6 nitrogen and oxygen atoms in total. The van der Waals surface area contributed by atoms with Crippen molar-refractivity contribution in [3.05, 3.63) is 77.5 Å². The number of hydrogen-bond donors (Lipinski definition) is 1. The average molecular weight is 529 g/mol. The molecule has 30 heavy (non-hydrogen) atoms. The highest BCUT2D eigenvalue weighted by Gasteiger charge is 2.29. The number of hydrogen-bond acceptors (Lipinski definition) is 5. The molecular weight excluding hydrogens is 511 g/mol. The molecule has 2 aromatic heterocycles. The number of aryl methyl sites for hydroxylation is 1. The van der Waals surface area contributed by atoms with Gasteiger partial charge in [-0.15, -0.1) is 10.2 Å². The van der Waals surface area contributed by atoms with Gasteiger partial charge in [0.15, 0.2) is 5.82 Å². The van der Waals surface area contributed by atoms with Gasteiger partial charge in [-0.2, -0.15) is 0 Å². The number of benzene rings is 2. The number of pyridine rings is 1. The summed E-state index contributed by atoms with van der Waals surface area (Å²) < 4.78 is 2.31. The molecule has 1 aliphatic heterocycles. The molecule has 1 aliphatic rings. The highest BCUT2D eigenvalue weighted by atomic mass is 127. The Hall–Kier alpha value is -2.65. The molecule has 0 saturated carbocycles. The van der Waals surface area contributed by atoms with Gasteiger partial charge in [0, 0.05) is 29.0 Å². The van der Waals surface area contributed by atoms with Gasteiger partial charge in [-0.3, -0.25) is 4.57 Å². The number of nitrogen functional groups attached to an aromatic ring is 1. The standard InChI is InChI=1S/C22H18ClIN6/c1-13-27-28-22-18(24)12-29(17-6-4-16(23)5-7-17)20-10-14(2-8-19(20)30(13)22)15-3-9-21(25)26-11-15/h2-11,18H,12H2,1H3,(H2,25,26)/t18-/m1/s1. The number of anilines is 3. The Bertz CT molecular complexity index is 1220. The van der Waals surface area contributed by atoms with E-state index in [2.05, 4.69) is 65.4 Å². The first-order valence-corrected chi connectivity index (χ1v) is 11.1. The summed E-state index contributed by atoms with van der Waals surface area (Å²) >= 11 is 8.59. The first-order chi connectivity index (χ1) is 14.5. The predicted molar refractivity (Wildman–Crippen MR) is 129 cm³/mol. The van der Waals surface area contributed by atoms with E-state index in [1.165, 1.54) is 0 Å². The van der Waals surface area contributed by atoms with Gasteiger partial charge in [-0.1, -0.05) is 40.3 Å². The fourth-order valence-corrected chi connectivity index (χ4v) is 4.69. The Labute approximate surface area is 192 Å². The maximum absolute atomic E-state index is 6.15. The van der Waals surface area contributed by atoms with Crippen LogP contribution in [-0.4, -0.2) is 26.3 Å². The molecule has 0 spiro atoms. The van der Waals surface area contributed by atoms with Gasteiger partial charge in [0.05, 0.1) is 15.3 Å². The summed E-state index contributed by atoms with van der Waals surface area (Å²) in [6, 6.07) is 18.2. The monoisotopic (exact) mass is 528 g/mol. The Morgan fingerprint density at radius 3 is 2.50 bits per heavy atom. The fourth-order valence-electron chi connectivity index (χ4n) is 3.77. The van der Waals surface area contributed by atoms with Crippen molar-refractivity contribution in [2.75, 3.05) is 17.2 Å². The van der Waals surface area contributed by atoms with E-state index in [-0.39, 0.29) is 3.92 Å². The van der Waals surface area contributed by atoms with Gasteiger partial charge in [-0.25, -0.2) is 4.98 Å². The third-order valence-corrected chi connectivity index (χ3v) is 6.44. The molecule has 0 bridgehead atoms. The van der Waals surface area contributed by atoms with Crippen LogP contribution in [0.15, 0.2) is 60.8 Å². The van der Waals surface area contributed by atoms with Gasteiger partial charge in [-0.05, 0) is 61.0 Å². The van der Waals surface area contributed by atoms with Crippen LogP contribution < -0.4 is 10.6 Å². The first-order valence-electron chi connectivity index (χ1n) is 9.46. The summed E-state index contributed by atoms with van der Waals surface area (Å²) in [7, 11) is 0. The van der Waals surface area contributed by atoms with Crippen LogP contribution in [0.1, 0.15) is 15.6 Å². The van der Waals surface area contributed by atoms with Gasteiger partial charge < -0.3 is 10.6 Å². The second-order valence-electron chi connectivity index (χ2n) is 7.17. The van der Waals surface area contributed by atoms with E-state index >= 15 is 0 Å². The van der Waals surface area contributed by atoms with Crippen molar-refractivity contribution in [3.63, 3.8) is 0 Å². The highest BCUT2D eigenvalue weighted by Crippen LogP contribution is 2.42. The Balaban J connectivity index is 1.73. The molecule has 2 N–H and O–H groups in total. The maximum atomic E-state index is 6.15. The van der Waals surface area contributed by atoms with Crippen molar-refractivity contribution in [1.82, 2.24) is 19.7 Å². The highest BCUT2D eigenvalue weighted by molar-refractivity contribution is 14.1. The van der Waals surface area contributed by atoms with E-state index in [0.29, 0.717) is 5.82 Å². The SMILES string of the molecule is Cc1nnc2n1-c1ccc(-c3ccc(N)nc3)cc1N(c1ccc(Cl)cc1)C[C@H]2I. The van der Waals surface area contributed by atoms with E-state index in [9.17, 15) is 0 Å². The summed E-state index contributed by atoms with van der Waals surface area (Å²) in [5.74, 6) is 2.33. The Morgan fingerprint density at radius 2 is 1.77 bits per heavy atom. The first kappa shape index (κ1) is 19.3. The van der Waals surface area contributed by atoms with Crippen molar-refractivity contribution in [2.24, 2.45) is 0 Å². The zero-order valence-electron chi connectivity index (χ0n) is 16.1. The van der Waals surface area contributed by atoms with Gasteiger partial charge >= 0.3 is 0 Å². The number of fused-ring (bicyclic) bond motifs is 3. The summed E-state index contributed by atoms with van der Waals surface area (Å²) in [6.45, 7) is 2.75. The minimum atomic E-state index is 0.161. The third-order valence-electron chi connectivity index (χ3n) is 5.24. The van der Waals surface area contributed by atoms with Crippen LogP contribution in [0.3, 0.4) is 0 Å². The third kappa shape index (κ3) is 3.31. The number of nitrogens with zero attached hydrogens (tertiary/aromatic N) is 5. The van der Waals surface area contributed by atoms with Crippen LogP contribution >= 0.6 is 34.2 Å². The molecule has 0 radical (unpaired) electrons. The van der Waals surface area contributed by atoms with Gasteiger partial charge in [0.25, 0.3) is 0 Å². The van der Waals surface area contributed by atoms with E-state index < -0.39 is 0 Å². The second kappa shape index (κ2) is 7.55. The van der Waals surface area contributed by atoms with Crippen LogP contribution in [0.2, 0.25) is 5.02 Å². The lowest BCUT2D eigenvalue weighted by Gasteiger charge is -2.26. The van der Waals surface area contributed by atoms with Crippen molar-refractivity contribution in [1.29, 1.82) is 0 Å². The van der Waals surface area contributed by atoms with Crippen LogP contribution in [0.25, 0.3) is 16.8 Å². The molecule has 0 amide bonds. The van der Waals surface area contributed by atoms with Crippen molar-refractivity contribution >= 4 is 51.4 Å². The molecule has 0 saturated heterocycles. The largest absolute Gasteiger partial charge is 0.384 e. The Kier molecular flexibility index (Phi) is 4.86. The lowest BCUT2D eigenvalue weighted by molar-refractivity contribution is 0.842. The quantitative estimate of drug-likeness (QED) is 0.275. The maximum Gasteiger partial charge on any atom is 0.152 e. The number of nitrogens with two attached hydrogens (primary N) is 1. The molecule has 2 aromatic carbocycles. The number of aromatic nitrogens is 4. The lowest BCUT2D eigenvalue weighted by Crippen LogP contribution is -2.20. The summed E-state index contributed by atoms with van der Waals surface area (Å²) in [4.78, 5) is 6.56. The normalized spacial score (nSPS) is 15.4. The average Bonchev–Trinajstić information content (AvgIpc) is 3.08. The predicted octanol–water partition coefficient (Wildman–Crippen LogP) is 5.50. The molecule has 150 valence electrons. The van der Waals surface area contributed by atoms with Crippen molar-refractivity contribution < 1.29 is 0 Å². The van der Waals surface area contributed by atoms with Crippen LogP contribution in [0, 0.1) is 6.92 Å². The summed E-state index contributed by atoms with van der Waals surface area (Å²) in [5, 5.41) is 9.52. The topological polar surface area (TPSA) is 72.9 Å². The van der Waals surface area contributed by atoms with E-state index in [1.807, 2.05) is 43.3 Å². The van der Waals surface area contributed by atoms with E-state index in [0.717, 1.165) is 51.4 Å². The van der Waals surface area contributed by atoms with Gasteiger partial charge in [0.1, 0.15) is 11.6 Å². The van der Waals surface area contributed by atoms with Crippen LogP contribution in [0.5, 0.6) is 0 Å². The summed E-state index contributed by atoms with van der Waals surface area (Å²) in [6.07, 6.45) is 1.80. The molecule has 3 heterocycles. The van der Waals surface area contributed by atoms with Gasteiger partial charge in [0.2, 0.25) is 0 Å². The zero-order valence-corrected chi connectivity index (χ0v) is 19.0. The molecule has 4 aromatic rings. The molecule has 0 fully saturated rings. The minimum absolute atomic E-state index is 0.161. The van der Waals surface area contributed by atoms with Crippen LogP contribution in [0.4, 0.5) is 17.2 Å².